The molecular weight excluding hydrogens is 276 g/mol. The lowest BCUT2D eigenvalue weighted by atomic mass is 9.96. The summed E-state index contributed by atoms with van der Waals surface area (Å²) in [5.41, 5.74) is 6.83. The molecule has 4 N–H and O–H groups in total. The predicted molar refractivity (Wildman–Crippen MR) is 89.8 cm³/mol. The van der Waals surface area contributed by atoms with E-state index in [1.54, 1.807) is 12.1 Å². The Hall–Kier alpha value is -2.04. The third-order valence-electron chi connectivity index (χ3n) is 3.95. The van der Waals surface area contributed by atoms with Gasteiger partial charge in [-0.1, -0.05) is 31.4 Å². The molecule has 5 nitrogen and oxygen atoms in total. The normalized spacial score (nSPS) is 16.3. The Balaban J connectivity index is 1.94. The standard InChI is InChI=1S/C17H26N4O/c1-2-19-17(21-15-6-4-3-5-7-15)20-12-13-8-10-14(11-9-13)16(18)22/h8-11,15H,2-7,12H2,1H3,(H2,18,22)(H2,19,20,21). The first-order valence-electron chi connectivity index (χ1n) is 8.12. The molecule has 1 aromatic carbocycles. The quantitative estimate of drug-likeness (QED) is 0.576. The molecule has 120 valence electrons. The number of guanidine groups is 1. The monoisotopic (exact) mass is 302 g/mol. The molecule has 0 unspecified atom stereocenters. The molecule has 1 aliphatic rings. The first kappa shape index (κ1) is 16.3. The molecule has 0 aromatic heterocycles. The van der Waals surface area contributed by atoms with Crippen molar-refractivity contribution < 1.29 is 4.79 Å². The largest absolute Gasteiger partial charge is 0.366 e. The number of hydrogen-bond donors (Lipinski definition) is 3. The van der Waals surface area contributed by atoms with Crippen molar-refractivity contribution in [1.29, 1.82) is 0 Å². The predicted octanol–water partition coefficient (Wildman–Crippen LogP) is 2.17. The molecule has 0 radical (unpaired) electrons. The Labute approximate surface area is 132 Å². The summed E-state index contributed by atoms with van der Waals surface area (Å²) < 4.78 is 0. The second-order valence-electron chi connectivity index (χ2n) is 5.74. The van der Waals surface area contributed by atoms with Gasteiger partial charge in [-0.3, -0.25) is 4.79 Å². The number of rotatable bonds is 5. The molecule has 0 bridgehead atoms. The van der Waals surface area contributed by atoms with E-state index in [9.17, 15) is 4.79 Å². The van der Waals surface area contributed by atoms with E-state index in [4.69, 9.17) is 5.73 Å². The summed E-state index contributed by atoms with van der Waals surface area (Å²) in [6, 6.07) is 7.81. The van der Waals surface area contributed by atoms with Crippen molar-refractivity contribution in [1.82, 2.24) is 10.6 Å². The van der Waals surface area contributed by atoms with Gasteiger partial charge in [0.2, 0.25) is 5.91 Å². The van der Waals surface area contributed by atoms with Crippen LogP contribution in [0.1, 0.15) is 54.9 Å². The lowest BCUT2D eigenvalue weighted by Crippen LogP contribution is -2.44. The fourth-order valence-corrected chi connectivity index (χ4v) is 2.71. The molecule has 0 spiro atoms. The number of nitrogens with one attached hydrogen (secondary N) is 2. The Morgan fingerprint density at radius 2 is 1.91 bits per heavy atom. The minimum atomic E-state index is -0.401. The lowest BCUT2D eigenvalue weighted by Gasteiger charge is -2.24. The van der Waals surface area contributed by atoms with Crippen LogP contribution in [0, 0.1) is 0 Å². The van der Waals surface area contributed by atoms with Crippen LogP contribution in [0.15, 0.2) is 29.3 Å². The third-order valence-corrected chi connectivity index (χ3v) is 3.95. The van der Waals surface area contributed by atoms with Gasteiger partial charge >= 0.3 is 0 Å². The van der Waals surface area contributed by atoms with Crippen LogP contribution < -0.4 is 16.4 Å². The van der Waals surface area contributed by atoms with E-state index in [1.165, 1.54) is 32.1 Å². The van der Waals surface area contributed by atoms with Gasteiger partial charge in [-0.2, -0.15) is 0 Å². The molecule has 0 aliphatic heterocycles. The van der Waals surface area contributed by atoms with E-state index < -0.39 is 5.91 Å². The number of hydrogen-bond acceptors (Lipinski definition) is 2. The van der Waals surface area contributed by atoms with Crippen LogP contribution in [0.3, 0.4) is 0 Å². The molecule has 1 aliphatic carbocycles. The van der Waals surface area contributed by atoms with Gasteiger partial charge in [0.15, 0.2) is 5.96 Å². The van der Waals surface area contributed by atoms with Gasteiger partial charge in [-0.05, 0) is 37.5 Å². The highest BCUT2D eigenvalue weighted by atomic mass is 16.1. The second kappa shape index (κ2) is 8.41. The molecule has 5 heteroatoms. The minimum Gasteiger partial charge on any atom is -0.366 e. The second-order valence-corrected chi connectivity index (χ2v) is 5.74. The van der Waals surface area contributed by atoms with E-state index in [1.807, 2.05) is 12.1 Å². The number of carbonyl (C=O) groups is 1. The van der Waals surface area contributed by atoms with Crippen molar-refractivity contribution in [3.63, 3.8) is 0 Å². The average Bonchev–Trinajstić information content (AvgIpc) is 2.54. The van der Waals surface area contributed by atoms with Crippen molar-refractivity contribution in [2.75, 3.05) is 6.54 Å². The van der Waals surface area contributed by atoms with Crippen molar-refractivity contribution in [2.24, 2.45) is 10.7 Å². The summed E-state index contributed by atoms with van der Waals surface area (Å²) in [5, 5.41) is 6.82. The molecule has 0 heterocycles. The maximum atomic E-state index is 11.1. The number of amides is 1. The summed E-state index contributed by atoms with van der Waals surface area (Å²) >= 11 is 0. The van der Waals surface area contributed by atoms with Crippen LogP contribution in [0.5, 0.6) is 0 Å². The zero-order valence-electron chi connectivity index (χ0n) is 13.3. The molecule has 22 heavy (non-hydrogen) atoms. The molecule has 0 saturated heterocycles. The smallest absolute Gasteiger partial charge is 0.248 e. The van der Waals surface area contributed by atoms with Crippen LogP contribution in [0.25, 0.3) is 0 Å². The van der Waals surface area contributed by atoms with Gasteiger partial charge in [0.1, 0.15) is 0 Å². The lowest BCUT2D eigenvalue weighted by molar-refractivity contribution is 0.100. The number of carbonyl (C=O) groups excluding carboxylic acids is 1. The maximum Gasteiger partial charge on any atom is 0.248 e. The van der Waals surface area contributed by atoms with E-state index in [0.717, 1.165) is 18.1 Å². The summed E-state index contributed by atoms with van der Waals surface area (Å²) in [6.07, 6.45) is 6.38. The van der Waals surface area contributed by atoms with E-state index >= 15 is 0 Å². The van der Waals surface area contributed by atoms with Gasteiger partial charge < -0.3 is 16.4 Å². The Bertz CT molecular complexity index is 504. The molecule has 1 fully saturated rings. The van der Waals surface area contributed by atoms with Crippen molar-refractivity contribution in [2.45, 2.75) is 51.6 Å². The maximum absolute atomic E-state index is 11.1. The molecular formula is C17H26N4O. The highest BCUT2D eigenvalue weighted by Gasteiger charge is 2.14. The number of nitrogens with two attached hydrogens (primary N) is 1. The number of primary amides is 1. The number of aliphatic imine (C=N–C) groups is 1. The fourth-order valence-electron chi connectivity index (χ4n) is 2.71. The van der Waals surface area contributed by atoms with Gasteiger partial charge in [0, 0.05) is 18.2 Å². The molecule has 1 saturated carbocycles. The topological polar surface area (TPSA) is 79.5 Å². The van der Waals surface area contributed by atoms with E-state index in [-0.39, 0.29) is 0 Å². The average molecular weight is 302 g/mol. The first-order chi connectivity index (χ1) is 10.7. The fraction of sp³-hybridized carbons (Fsp3) is 0.529. The summed E-state index contributed by atoms with van der Waals surface area (Å²) in [7, 11) is 0. The number of nitrogens with zero attached hydrogens (tertiary/aromatic N) is 1. The van der Waals surface area contributed by atoms with Crippen LogP contribution in [-0.4, -0.2) is 24.5 Å². The Morgan fingerprint density at radius 3 is 2.50 bits per heavy atom. The SMILES string of the molecule is CCNC(=NCc1ccc(C(N)=O)cc1)NC1CCCCC1. The van der Waals surface area contributed by atoms with Gasteiger partial charge in [0.05, 0.1) is 6.54 Å². The van der Waals surface area contributed by atoms with E-state index in [0.29, 0.717) is 18.2 Å². The van der Waals surface area contributed by atoms with Crippen LogP contribution in [0.4, 0.5) is 0 Å². The van der Waals surface area contributed by atoms with Gasteiger partial charge in [-0.25, -0.2) is 4.99 Å². The molecule has 1 aromatic rings. The van der Waals surface area contributed by atoms with Crippen LogP contribution >= 0.6 is 0 Å². The summed E-state index contributed by atoms with van der Waals surface area (Å²) in [4.78, 5) is 15.7. The zero-order chi connectivity index (χ0) is 15.8. The summed E-state index contributed by atoms with van der Waals surface area (Å²) in [5.74, 6) is 0.468. The minimum absolute atomic E-state index is 0.401. The highest BCUT2D eigenvalue weighted by Crippen LogP contribution is 2.17. The molecule has 2 rings (SSSR count). The van der Waals surface area contributed by atoms with Crippen LogP contribution in [-0.2, 0) is 6.54 Å². The highest BCUT2D eigenvalue weighted by molar-refractivity contribution is 5.92. The zero-order valence-corrected chi connectivity index (χ0v) is 13.3. The van der Waals surface area contributed by atoms with E-state index in [2.05, 4.69) is 22.5 Å². The van der Waals surface area contributed by atoms with Gasteiger partial charge in [-0.15, -0.1) is 0 Å². The Kier molecular flexibility index (Phi) is 6.25. The van der Waals surface area contributed by atoms with Crippen molar-refractivity contribution in [3.05, 3.63) is 35.4 Å². The number of benzene rings is 1. The Morgan fingerprint density at radius 1 is 1.23 bits per heavy atom. The molecule has 0 atom stereocenters. The van der Waals surface area contributed by atoms with Crippen molar-refractivity contribution in [3.8, 4) is 0 Å². The first-order valence-corrected chi connectivity index (χ1v) is 8.12. The van der Waals surface area contributed by atoms with Gasteiger partial charge in [0.25, 0.3) is 0 Å². The summed E-state index contributed by atoms with van der Waals surface area (Å²) in [6.45, 7) is 3.50. The molecule has 1 amide bonds. The third kappa shape index (κ3) is 5.06. The van der Waals surface area contributed by atoms with Crippen molar-refractivity contribution >= 4 is 11.9 Å². The van der Waals surface area contributed by atoms with Crippen LogP contribution in [0.2, 0.25) is 0 Å².